The Hall–Kier alpha value is -0.260. The standard InChI is InChI=1S/C48H84/c1-5-6-7-9-12-17-39-26-25-37(3)46(33-27-39)48(44-22-15-20-41(21-16-23-44)40-18-13-10-8-11-14-19-40)35-47(48)43-30-28-42(29-31-43)45-32-24-36(2)34-38(45)4/h32,36-44,46-47H,5-31,33-35H2,1-4H3. The summed E-state index contributed by atoms with van der Waals surface area (Å²) < 4.78 is 0. The van der Waals surface area contributed by atoms with E-state index in [1.54, 1.807) is 103 Å². The van der Waals surface area contributed by atoms with Crippen molar-refractivity contribution in [2.75, 3.05) is 0 Å². The van der Waals surface area contributed by atoms with Crippen molar-refractivity contribution in [1.29, 1.82) is 0 Å². The molecular weight excluding hydrogens is 577 g/mol. The van der Waals surface area contributed by atoms with Crippen molar-refractivity contribution in [3.8, 4) is 0 Å². The van der Waals surface area contributed by atoms with Crippen LogP contribution in [0.1, 0.15) is 220 Å². The molecule has 0 radical (unpaired) electrons. The monoisotopic (exact) mass is 661 g/mol. The number of hydrogen-bond donors (Lipinski definition) is 0. The zero-order chi connectivity index (χ0) is 33.3. The fraction of sp³-hybridized carbons (Fsp3) is 0.958. The molecule has 0 spiro atoms. The van der Waals surface area contributed by atoms with E-state index in [1.807, 2.05) is 5.57 Å². The maximum absolute atomic E-state index is 2.76. The first-order chi connectivity index (χ1) is 23.5. The van der Waals surface area contributed by atoms with Gasteiger partial charge in [0.1, 0.15) is 0 Å². The second-order valence-electron chi connectivity index (χ2n) is 19.9. The molecule has 6 aliphatic rings. The summed E-state index contributed by atoms with van der Waals surface area (Å²) in [6.45, 7) is 10.2. The van der Waals surface area contributed by atoms with Gasteiger partial charge in [-0.25, -0.2) is 0 Å². The Morgan fingerprint density at radius 2 is 1.23 bits per heavy atom. The lowest BCUT2D eigenvalue weighted by molar-refractivity contribution is 0.0703. The number of unbranched alkanes of at least 4 members (excludes halogenated alkanes) is 4. The highest BCUT2D eigenvalue weighted by molar-refractivity contribution is 5.17. The minimum atomic E-state index is 0.729. The quantitative estimate of drug-likeness (QED) is 0.117. The van der Waals surface area contributed by atoms with Crippen LogP contribution in [0.5, 0.6) is 0 Å². The van der Waals surface area contributed by atoms with Crippen LogP contribution in [0.2, 0.25) is 0 Å². The van der Waals surface area contributed by atoms with Crippen molar-refractivity contribution < 1.29 is 0 Å². The van der Waals surface area contributed by atoms with E-state index in [-0.39, 0.29) is 0 Å². The molecule has 0 saturated heterocycles. The van der Waals surface area contributed by atoms with Gasteiger partial charge in [-0.05, 0) is 135 Å². The maximum Gasteiger partial charge on any atom is -0.0200 e. The van der Waals surface area contributed by atoms with Gasteiger partial charge in [0.05, 0.1) is 0 Å². The third-order valence-corrected chi connectivity index (χ3v) is 16.8. The van der Waals surface area contributed by atoms with Crippen molar-refractivity contribution >= 4 is 0 Å². The summed E-state index contributed by atoms with van der Waals surface area (Å²) in [5.41, 5.74) is 2.62. The van der Waals surface area contributed by atoms with Gasteiger partial charge in [0.2, 0.25) is 0 Å². The molecule has 48 heavy (non-hydrogen) atoms. The van der Waals surface area contributed by atoms with Crippen LogP contribution in [0, 0.1) is 70.5 Å². The molecule has 0 amide bonds. The zero-order valence-corrected chi connectivity index (χ0v) is 33.1. The van der Waals surface area contributed by atoms with E-state index in [1.165, 1.54) is 89.9 Å². The minimum absolute atomic E-state index is 0.729. The summed E-state index contributed by atoms with van der Waals surface area (Å²) in [5.74, 6) is 11.1. The molecule has 5 fully saturated rings. The molecule has 6 aliphatic carbocycles. The summed E-state index contributed by atoms with van der Waals surface area (Å²) in [6, 6.07) is 0. The summed E-state index contributed by atoms with van der Waals surface area (Å²) in [7, 11) is 0. The molecule has 5 saturated carbocycles. The Kier molecular flexibility index (Phi) is 14.4. The normalized spacial score (nSPS) is 42.5. The first-order valence-electron chi connectivity index (χ1n) is 23.2. The van der Waals surface area contributed by atoms with Crippen LogP contribution < -0.4 is 0 Å². The molecule has 0 N–H and O–H groups in total. The Labute approximate surface area is 301 Å². The van der Waals surface area contributed by atoms with Crippen molar-refractivity contribution in [3.63, 3.8) is 0 Å². The van der Waals surface area contributed by atoms with Crippen molar-refractivity contribution in [3.05, 3.63) is 11.6 Å². The highest BCUT2D eigenvalue weighted by Gasteiger charge is 2.64. The molecule has 0 nitrogen and oxygen atoms in total. The number of hydrogen-bond acceptors (Lipinski definition) is 0. The molecule has 7 atom stereocenters. The van der Waals surface area contributed by atoms with Gasteiger partial charge in [-0.2, -0.15) is 0 Å². The molecule has 0 aromatic heterocycles. The topological polar surface area (TPSA) is 0 Å². The molecule has 276 valence electrons. The zero-order valence-electron chi connectivity index (χ0n) is 33.1. The lowest BCUT2D eigenvalue weighted by atomic mass is 9.62. The molecule has 0 heterocycles. The van der Waals surface area contributed by atoms with Crippen LogP contribution in [0.15, 0.2) is 11.6 Å². The van der Waals surface area contributed by atoms with Crippen LogP contribution in [-0.2, 0) is 0 Å². The van der Waals surface area contributed by atoms with E-state index in [0.29, 0.717) is 0 Å². The summed E-state index contributed by atoms with van der Waals surface area (Å²) in [6.07, 6.45) is 48.7. The van der Waals surface area contributed by atoms with Gasteiger partial charge >= 0.3 is 0 Å². The summed E-state index contributed by atoms with van der Waals surface area (Å²) in [5, 5.41) is 0. The van der Waals surface area contributed by atoms with Gasteiger partial charge in [-0.1, -0.05) is 168 Å². The first-order valence-corrected chi connectivity index (χ1v) is 23.2. The van der Waals surface area contributed by atoms with Crippen LogP contribution in [0.3, 0.4) is 0 Å². The Balaban J connectivity index is 1.11. The molecule has 0 aliphatic heterocycles. The van der Waals surface area contributed by atoms with E-state index in [2.05, 4.69) is 33.8 Å². The lowest BCUT2D eigenvalue weighted by Gasteiger charge is -2.43. The average Bonchev–Trinajstić information content (AvgIpc) is 3.82. The van der Waals surface area contributed by atoms with Crippen molar-refractivity contribution in [2.45, 2.75) is 220 Å². The van der Waals surface area contributed by atoms with E-state index in [4.69, 9.17) is 0 Å². The first kappa shape index (κ1) is 37.5. The lowest BCUT2D eigenvalue weighted by Crippen LogP contribution is -2.35. The second-order valence-corrected chi connectivity index (χ2v) is 19.9. The highest BCUT2D eigenvalue weighted by atomic mass is 14.7. The minimum Gasteiger partial charge on any atom is -0.0845 e. The van der Waals surface area contributed by atoms with Gasteiger partial charge in [0.15, 0.2) is 0 Å². The Morgan fingerprint density at radius 1 is 0.583 bits per heavy atom. The average molecular weight is 661 g/mol. The van der Waals surface area contributed by atoms with Crippen LogP contribution >= 0.6 is 0 Å². The summed E-state index contributed by atoms with van der Waals surface area (Å²) in [4.78, 5) is 0. The van der Waals surface area contributed by atoms with E-state index in [9.17, 15) is 0 Å². The Morgan fingerprint density at radius 3 is 1.92 bits per heavy atom. The van der Waals surface area contributed by atoms with Crippen molar-refractivity contribution in [2.24, 2.45) is 70.5 Å². The fourth-order valence-electron chi connectivity index (χ4n) is 14.1. The van der Waals surface area contributed by atoms with Gasteiger partial charge in [0.25, 0.3) is 0 Å². The predicted octanol–water partition coefficient (Wildman–Crippen LogP) is 15.5. The third-order valence-electron chi connectivity index (χ3n) is 16.8. The second kappa shape index (κ2) is 18.5. The van der Waals surface area contributed by atoms with Gasteiger partial charge < -0.3 is 0 Å². The maximum atomic E-state index is 2.76. The fourth-order valence-corrected chi connectivity index (χ4v) is 14.1. The SMILES string of the molecule is CCCCCCCC1CCC(C)C(C2(C3CCCC(C4CCCCCCC4)CCC3)CC2C2CCC(C3=CCC(C)CC3C)CC2)CC1. The van der Waals surface area contributed by atoms with E-state index in [0.717, 1.165) is 70.5 Å². The summed E-state index contributed by atoms with van der Waals surface area (Å²) >= 11 is 0. The molecule has 0 aromatic rings. The predicted molar refractivity (Wildman–Crippen MR) is 210 cm³/mol. The van der Waals surface area contributed by atoms with Crippen LogP contribution in [0.4, 0.5) is 0 Å². The molecular formula is C48H84. The van der Waals surface area contributed by atoms with Gasteiger partial charge in [-0.3, -0.25) is 0 Å². The molecule has 0 bridgehead atoms. The molecule has 7 unspecified atom stereocenters. The van der Waals surface area contributed by atoms with E-state index < -0.39 is 0 Å². The van der Waals surface area contributed by atoms with Crippen LogP contribution in [-0.4, -0.2) is 0 Å². The molecule has 0 heteroatoms. The third kappa shape index (κ3) is 9.39. The van der Waals surface area contributed by atoms with Gasteiger partial charge in [0, 0.05) is 0 Å². The Bertz CT molecular complexity index is 933. The smallest absolute Gasteiger partial charge is 0.0200 e. The molecule has 0 aromatic carbocycles. The highest BCUT2D eigenvalue weighted by Crippen LogP contribution is 2.72. The van der Waals surface area contributed by atoms with Gasteiger partial charge in [-0.15, -0.1) is 0 Å². The largest absolute Gasteiger partial charge is 0.0845 e. The number of allylic oxidation sites excluding steroid dienone is 2. The van der Waals surface area contributed by atoms with Crippen LogP contribution in [0.25, 0.3) is 0 Å². The van der Waals surface area contributed by atoms with Crippen molar-refractivity contribution in [1.82, 2.24) is 0 Å². The van der Waals surface area contributed by atoms with E-state index >= 15 is 0 Å². The molecule has 6 rings (SSSR count). The number of rotatable bonds is 11.